The van der Waals surface area contributed by atoms with Gasteiger partial charge in [-0.2, -0.15) is 0 Å². The summed E-state index contributed by atoms with van der Waals surface area (Å²) in [6, 6.07) is 0. The van der Waals surface area contributed by atoms with Crippen molar-refractivity contribution in [3.05, 3.63) is 84.7 Å². The molecule has 1 fully saturated rings. The van der Waals surface area contributed by atoms with E-state index in [9.17, 15) is 15.0 Å². The highest BCUT2D eigenvalue weighted by Gasteiger charge is 2.31. The van der Waals surface area contributed by atoms with E-state index >= 15 is 0 Å². The number of nitrogens with zero attached hydrogens (tertiary/aromatic N) is 1. The number of unbranched alkanes of at least 4 members (excludes halogenated alkanes) is 2. The molecule has 0 unspecified atom stereocenters. The van der Waals surface area contributed by atoms with E-state index in [1.54, 1.807) is 12.2 Å². The predicted molar refractivity (Wildman–Crippen MR) is 163 cm³/mol. The lowest BCUT2D eigenvalue weighted by Gasteiger charge is -2.35. The summed E-state index contributed by atoms with van der Waals surface area (Å²) in [5.74, 6) is 0.0992. The quantitative estimate of drug-likeness (QED) is 0.167. The molecule has 3 N–H and O–H groups in total. The smallest absolute Gasteiger partial charge is 0.220 e. The number of hydrogen-bond donors (Lipinski definition) is 3. The standard InChI is InChI=1S/C33H52N2O4/c1-9-12-19-29(25(4)31-22-27(37)21-28(24-36)39-31)30(11-3)35(8)23-26(17-10-2)18-15-13-14-16-20-32(38)34-33(5,6)7/h9-10,12,15,17-19,27-28,31,36-37H,1-2,4,11,13-14,16,20-24H2,3,5-8H3,(H,34,38)/b18-15-,19-12-,26-17+,30-29-/t27-,28-,31+/m0/s1. The molecule has 6 nitrogen and oxygen atoms in total. The Balaban J connectivity index is 2.95. The minimum Gasteiger partial charge on any atom is -0.394 e. The van der Waals surface area contributed by atoms with Gasteiger partial charge < -0.3 is 25.2 Å². The van der Waals surface area contributed by atoms with Crippen LogP contribution in [0.1, 0.15) is 72.6 Å². The highest BCUT2D eigenvalue weighted by Crippen LogP contribution is 2.31. The van der Waals surface area contributed by atoms with Gasteiger partial charge in [-0.1, -0.05) is 69.2 Å². The van der Waals surface area contributed by atoms with Crippen LogP contribution in [0.5, 0.6) is 0 Å². The number of likely N-dealkylation sites (N-methyl/N-ethyl adjacent to an activating group) is 1. The van der Waals surface area contributed by atoms with E-state index in [0.717, 1.165) is 48.1 Å². The van der Waals surface area contributed by atoms with Gasteiger partial charge in [0.2, 0.25) is 5.91 Å². The lowest BCUT2D eigenvalue weighted by Crippen LogP contribution is -2.40. The molecule has 1 amide bonds. The number of aliphatic hydroxyl groups is 2. The van der Waals surface area contributed by atoms with Crippen molar-refractivity contribution < 1.29 is 19.7 Å². The number of carbonyl (C=O) groups is 1. The van der Waals surface area contributed by atoms with Crippen LogP contribution in [0.4, 0.5) is 0 Å². The second-order valence-electron chi connectivity index (χ2n) is 11.2. The molecule has 1 aliphatic heterocycles. The lowest BCUT2D eigenvalue weighted by atomic mass is 9.91. The molecule has 6 heteroatoms. The van der Waals surface area contributed by atoms with Gasteiger partial charge in [-0.25, -0.2) is 0 Å². The first kappa shape index (κ1) is 34.4. The van der Waals surface area contributed by atoms with Crippen LogP contribution in [0.3, 0.4) is 0 Å². The Hall–Kier alpha value is -2.67. The Morgan fingerprint density at radius 3 is 2.46 bits per heavy atom. The molecule has 1 aliphatic rings. The number of amides is 1. The second kappa shape index (κ2) is 17.8. The molecule has 0 bridgehead atoms. The monoisotopic (exact) mass is 540 g/mol. The van der Waals surface area contributed by atoms with Gasteiger partial charge in [0, 0.05) is 44.1 Å². The van der Waals surface area contributed by atoms with Crippen molar-refractivity contribution in [2.24, 2.45) is 0 Å². The molecular formula is C33H52N2O4. The van der Waals surface area contributed by atoms with Crippen LogP contribution >= 0.6 is 0 Å². The molecule has 3 atom stereocenters. The summed E-state index contributed by atoms with van der Waals surface area (Å²) in [5.41, 5.74) is 3.75. The van der Waals surface area contributed by atoms with E-state index in [-0.39, 0.29) is 24.2 Å². The first-order valence-electron chi connectivity index (χ1n) is 14.1. The average molecular weight is 541 g/mol. The molecule has 0 radical (unpaired) electrons. The van der Waals surface area contributed by atoms with Gasteiger partial charge in [-0.3, -0.25) is 4.79 Å². The summed E-state index contributed by atoms with van der Waals surface area (Å²) >= 11 is 0. The number of rotatable bonds is 16. The van der Waals surface area contributed by atoms with Crippen molar-refractivity contribution in [3.8, 4) is 0 Å². The zero-order chi connectivity index (χ0) is 29.4. The summed E-state index contributed by atoms with van der Waals surface area (Å²) in [6.45, 7) is 20.7. The topological polar surface area (TPSA) is 82.0 Å². The zero-order valence-corrected chi connectivity index (χ0v) is 24.9. The summed E-state index contributed by atoms with van der Waals surface area (Å²) < 4.78 is 6.06. The molecular weight excluding hydrogens is 488 g/mol. The van der Waals surface area contributed by atoms with E-state index < -0.39 is 12.2 Å². The number of ether oxygens (including phenoxy) is 1. The van der Waals surface area contributed by atoms with Crippen molar-refractivity contribution in [2.75, 3.05) is 20.2 Å². The van der Waals surface area contributed by atoms with Crippen molar-refractivity contribution in [2.45, 2.75) is 96.5 Å². The van der Waals surface area contributed by atoms with Crippen molar-refractivity contribution in [3.63, 3.8) is 0 Å². The summed E-state index contributed by atoms with van der Waals surface area (Å²) in [7, 11) is 2.06. The van der Waals surface area contributed by atoms with Gasteiger partial charge in [-0.15, -0.1) is 0 Å². The predicted octanol–water partition coefficient (Wildman–Crippen LogP) is 5.93. The molecule has 0 aromatic carbocycles. The van der Waals surface area contributed by atoms with E-state index in [1.165, 1.54) is 0 Å². The highest BCUT2D eigenvalue weighted by molar-refractivity contribution is 5.76. The maximum atomic E-state index is 12.0. The zero-order valence-electron chi connectivity index (χ0n) is 24.9. The van der Waals surface area contributed by atoms with Gasteiger partial charge in [0.15, 0.2) is 0 Å². The van der Waals surface area contributed by atoms with E-state index in [1.807, 2.05) is 39.0 Å². The van der Waals surface area contributed by atoms with E-state index in [0.29, 0.717) is 25.8 Å². The van der Waals surface area contributed by atoms with Crippen molar-refractivity contribution >= 4 is 5.91 Å². The molecule has 218 valence electrons. The molecule has 0 aromatic rings. The number of allylic oxidation sites excluding steroid dienone is 7. The molecule has 1 saturated heterocycles. The lowest BCUT2D eigenvalue weighted by molar-refractivity contribution is -0.122. The molecule has 39 heavy (non-hydrogen) atoms. The highest BCUT2D eigenvalue weighted by atomic mass is 16.5. The van der Waals surface area contributed by atoms with Crippen LogP contribution in [0.2, 0.25) is 0 Å². The molecule has 1 rings (SSSR count). The summed E-state index contributed by atoms with van der Waals surface area (Å²) in [6.07, 6.45) is 17.3. The Labute approximate surface area is 237 Å². The van der Waals surface area contributed by atoms with Crippen LogP contribution in [0.15, 0.2) is 84.7 Å². The maximum absolute atomic E-state index is 12.0. The normalized spacial score (nSPS) is 21.1. The van der Waals surface area contributed by atoms with Gasteiger partial charge >= 0.3 is 0 Å². The first-order chi connectivity index (χ1) is 18.4. The largest absolute Gasteiger partial charge is 0.394 e. The van der Waals surface area contributed by atoms with E-state index in [2.05, 4.69) is 56.1 Å². The SMILES string of the molecule is C=C/C=C\C(C(=C)[C@H]1C[C@@H](O)C[C@@H](CO)O1)=C(/CC)N(C)CC(/C=C\CCCCC(=O)NC(C)(C)C)=C/C=C. The third kappa shape index (κ3) is 13.3. The minimum atomic E-state index is -0.537. The van der Waals surface area contributed by atoms with E-state index in [4.69, 9.17) is 4.74 Å². The van der Waals surface area contributed by atoms with Crippen LogP contribution in [0.25, 0.3) is 0 Å². The number of carbonyl (C=O) groups excluding carboxylic acids is 1. The maximum Gasteiger partial charge on any atom is 0.220 e. The molecule has 0 aromatic heterocycles. The Morgan fingerprint density at radius 2 is 1.87 bits per heavy atom. The number of nitrogens with one attached hydrogen (secondary N) is 1. The Bertz CT molecular complexity index is 936. The first-order valence-corrected chi connectivity index (χ1v) is 14.1. The molecule has 0 aliphatic carbocycles. The molecule has 0 saturated carbocycles. The van der Waals surface area contributed by atoms with Gasteiger partial charge in [0.1, 0.15) is 0 Å². The van der Waals surface area contributed by atoms with Crippen LogP contribution < -0.4 is 5.32 Å². The Morgan fingerprint density at radius 1 is 1.15 bits per heavy atom. The van der Waals surface area contributed by atoms with Crippen LogP contribution in [0, 0.1) is 0 Å². The molecule has 0 spiro atoms. The third-order valence-corrected chi connectivity index (χ3v) is 6.44. The van der Waals surface area contributed by atoms with Gasteiger partial charge in [0.25, 0.3) is 0 Å². The Kier molecular flexibility index (Phi) is 15.7. The van der Waals surface area contributed by atoms with Crippen LogP contribution in [-0.4, -0.2) is 65.1 Å². The summed E-state index contributed by atoms with van der Waals surface area (Å²) in [5, 5.41) is 23.0. The van der Waals surface area contributed by atoms with Crippen molar-refractivity contribution in [1.29, 1.82) is 0 Å². The number of hydrogen-bond acceptors (Lipinski definition) is 5. The fourth-order valence-corrected chi connectivity index (χ4v) is 4.67. The second-order valence-corrected chi connectivity index (χ2v) is 11.2. The fraction of sp³-hybridized carbons (Fsp3) is 0.545. The summed E-state index contributed by atoms with van der Waals surface area (Å²) in [4.78, 5) is 14.2. The molecule has 1 heterocycles. The number of aliphatic hydroxyl groups excluding tert-OH is 2. The van der Waals surface area contributed by atoms with Crippen LogP contribution in [-0.2, 0) is 9.53 Å². The average Bonchev–Trinajstić information content (AvgIpc) is 2.86. The van der Waals surface area contributed by atoms with Gasteiger partial charge in [0.05, 0.1) is 24.9 Å². The third-order valence-electron chi connectivity index (χ3n) is 6.44. The van der Waals surface area contributed by atoms with Gasteiger partial charge in [-0.05, 0) is 63.2 Å². The fourth-order valence-electron chi connectivity index (χ4n) is 4.67. The van der Waals surface area contributed by atoms with Crippen molar-refractivity contribution in [1.82, 2.24) is 10.2 Å². The minimum absolute atomic E-state index is 0.0992.